The second-order valence-corrected chi connectivity index (χ2v) is 7.15. The summed E-state index contributed by atoms with van der Waals surface area (Å²) < 4.78 is 0. The molecule has 5 heteroatoms. The Labute approximate surface area is 143 Å². The molecule has 2 aliphatic rings. The monoisotopic (exact) mass is 329 g/mol. The first-order valence-electron chi connectivity index (χ1n) is 8.98. The van der Waals surface area contributed by atoms with Gasteiger partial charge in [-0.3, -0.25) is 9.59 Å². The molecular formula is C19H27N3O2. The summed E-state index contributed by atoms with van der Waals surface area (Å²) in [5.41, 5.74) is 8.05. The van der Waals surface area contributed by atoms with Gasteiger partial charge in [-0.1, -0.05) is 24.1 Å². The van der Waals surface area contributed by atoms with E-state index in [0.717, 1.165) is 37.8 Å². The molecule has 1 aromatic carbocycles. The van der Waals surface area contributed by atoms with Crippen LogP contribution in [-0.2, 0) is 9.59 Å². The number of nitrogens with one attached hydrogen (secondary N) is 1. The Morgan fingerprint density at radius 3 is 2.62 bits per heavy atom. The van der Waals surface area contributed by atoms with Crippen molar-refractivity contribution in [3.05, 3.63) is 29.8 Å². The van der Waals surface area contributed by atoms with Crippen LogP contribution in [-0.4, -0.2) is 30.4 Å². The summed E-state index contributed by atoms with van der Waals surface area (Å²) in [5.74, 6) is -0.0517. The minimum Gasteiger partial charge on any atom is -0.344 e. The van der Waals surface area contributed by atoms with E-state index >= 15 is 0 Å². The zero-order chi connectivity index (χ0) is 17.1. The van der Waals surface area contributed by atoms with Gasteiger partial charge in [-0.15, -0.1) is 0 Å². The van der Waals surface area contributed by atoms with Gasteiger partial charge in [-0.2, -0.15) is 0 Å². The molecule has 2 fully saturated rings. The van der Waals surface area contributed by atoms with Crippen LogP contribution in [0.25, 0.3) is 0 Å². The molecule has 1 aromatic rings. The van der Waals surface area contributed by atoms with Gasteiger partial charge in [0.2, 0.25) is 11.8 Å². The largest absolute Gasteiger partial charge is 0.344 e. The lowest BCUT2D eigenvalue weighted by Gasteiger charge is -2.34. The molecule has 3 atom stereocenters. The topological polar surface area (TPSA) is 75.4 Å². The number of hydrogen-bond acceptors (Lipinski definition) is 3. The summed E-state index contributed by atoms with van der Waals surface area (Å²) in [4.78, 5) is 27.1. The van der Waals surface area contributed by atoms with Gasteiger partial charge < -0.3 is 16.0 Å². The van der Waals surface area contributed by atoms with Crippen molar-refractivity contribution in [1.82, 2.24) is 5.32 Å². The molecule has 1 aliphatic carbocycles. The standard InChI is InChI=1S/C19H27N3O2/c1-13-7-9-16(10-8-13)22-11-3-6-17(19(22)24)21-18(23)14-4-2-5-15(20)12-14/h7-10,14-15,17H,2-6,11-12,20H2,1H3,(H,21,23). The quantitative estimate of drug-likeness (QED) is 0.892. The number of hydrogen-bond donors (Lipinski definition) is 2. The maximum atomic E-state index is 12.8. The Balaban J connectivity index is 1.64. The number of carbonyl (C=O) groups excluding carboxylic acids is 2. The normalized spacial score (nSPS) is 27.8. The lowest BCUT2D eigenvalue weighted by molar-refractivity contribution is -0.131. The number of amides is 2. The molecule has 3 N–H and O–H groups in total. The molecule has 1 heterocycles. The Hall–Kier alpha value is -1.88. The fourth-order valence-electron chi connectivity index (χ4n) is 3.75. The summed E-state index contributed by atoms with van der Waals surface area (Å²) in [5, 5.41) is 2.98. The summed E-state index contributed by atoms with van der Waals surface area (Å²) in [6.45, 7) is 2.74. The minimum absolute atomic E-state index is 0.00133. The van der Waals surface area contributed by atoms with Crippen molar-refractivity contribution < 1.29 is 9.59 Å². The van der Waals surface area contributed by atoms with Crippen molar-refractivity contribution in [3.63, 3.8) is 0 Å². The van der Waals surface area contributed by atoms with Crippen LogP contribution in [0, 0.1) is 12.8 Å². The fourth-order valence-corrected chi connectivity index (χ4v) is 3.75. The zero-order valence-electron chi connectivity index (χ0n) is 14.3. The first kappa shape index (κ1) is 17.0. The predicted molar refractivity (Wildman–Crippen MR) is 94.6 cm³/mol. The van der Waals surface area contributed by atoms with Gasteiger partial charge in [0, 0.05) is 24.2 Å². The van der Waals surface area contributed by atoms with Gasteiger partial charge in [0.15, 0.2) is 0 Å². The van der Waals surface area contributed by atoms with Gasteiger partial charge in [0.1, 0.15) is 6.04 Å². The average Bonchev–Trinajstić information content (AvgIpc) is 2.58. The van der Waals surface area contributed by atoms with Gasteiger partial charge in [0.05, 0.1) is 0 Å². The third kappa shape index (κ3) is 3.78. The van der Waals surface area contributed by atoms with Crippen LogP contribution in [0.1, 0.15) is 44.1 Å². The van der Waals surface area contributed by atoms with Crippen molar-refractivity contribution in [2.75, 3.05) is 11.4 Å². The summed E-state index contributed by atoms with van der Waals surface area (Å²) in [6, 6.07) is 7.66. The molecular weight excluding hydrogens is 302 g/mol. The van der Waals surface area contributed by atoms with Crippen LogP contribution >= 0.6 is 0 Å². The Bertz CT molecular complexity index is 599. The maximum absolute atomic E-state index is 12.8. The van der Waals surface area contributed by atoms with E-state index in [4.69, 9.17) is 5.73 Å². The predicted octanol–water partition coefficient (Wildman–Crippen LogP) is 2.12. The number of anilines is 1. The van der Waals surface area contributed by atoms with E-state index in [2.05, 4.69) is 5.32 Å². The van der Waals surface area contributed by atoms with E-state index in [-0.39, 0.29) is 23.8 Å². The molecule has 0 bridgehead atoms. The van der Waals surface area contributed by atoms with Gasteiger partial charge in [-0.25, -0.2) is 0 Å². The number of aryl methyl sites for hydroxylation is 1. The lowest BCUT2D eigenvalue weighted by atomic mass is 9.85. The number of piperidine rings is 1. The van der Waals surface area contributed by atoms with E-state index in [1.807, 2.05) is 31.2 Å². The molecule has 3 rings (SSSR count). The van der Waals surface area contributed by atoms with Crippen LogP contribution < -0.4 is 16.0 Å². The van der Waals surface area contributed by atoms with Crippen molar-refractivity contribution >= 4 is 17.5 Å². The molecule has 0 radical (unpaired) electrons. The average molecular weight is 329 g/mol. The molecule has 1 saturated heterocycles. The second-order valence-electron chi connectivity index (χ2n) is 7.15. The number of nitrogens with zero attached hydrogens (tertiary/aromatic N) is 1. The highest BCUT2D eigenvalue weighted by Gasteiger charge is 2.33. The third-order valence-corrected chi connectivity index (χ3v) is 5.19. The number of benzene rings is 1. The molecule has 2 amide bonds. The van der Waals surface area contributed by atoms with Gasteiger partial charge >= 0.3 is 0 Å². The lowest BCUT2D eigenvalue weighted by Crippen LogP contribution is -2.54. The molecule has 1 saturated carbocycles. The number of carbonyl (C=O) groups is 2. The van der Waals surface area contributed by atoms with Crippen LogP contribution in [0.3, 0.4) is 0 Å². The Kier molecular flexibility index (Phi) is 5.19. The van der Waals surface area contributed by atoms with Crippen LogP contribution in [0.15, 0.2) is 24.3 Å². The fraction of sp³-hybridized carbons (Fsp3) is 0.579. The highest BCUT2D eigenvalue weighted by Crippen LogP contribution is 2.25. The molecule has 130 valence electrons. The molecule has 5 nitrogen and oxygen atoms in total. The van der Waals surface area contributed by atoms with Crippen molar-refractivity contribution in [3.8, 4) is 0 Å². The van der Waals surface area contributed by atoms with Gasteiger partial charge in [-0.05, 0) is 51.2 Å². The minimum atomic E-state index is -0.411. The van der Waals surface area contributed by atoms with Crippen molar-refractivity contribution in [2.45, 2.75) is 57.5 Å². The van der Waals surface area contributed by atoms with E-state index in [9.17, 15) is 9.59 Å². The van der Waals surface area contributed by atoms with Crippen LogP contribution in [0.2, 0.25) is 0 Å². The summed E-state index contributed by atoms with van der Waals surface area (Å²) in [7, 11) is 0. The molecule has 3 unspecified atom stereocenters. The summed E-state index contributed by atoms with van der Waals surface area (Å²) in [6.07, 6.45) is 5.21. The maximum Gasteiger partial charge on any atom is 0.249 e. The zero-order valence-corrected chi connectivity index (χ0v) is 14.3. The van der Waals surface area contributed by atoms with E-state index in [1.54, 1.807) is 4.90 Å². The Morgan fingerprint density at radius 1 is 1.17 bits per heavy atom. The van der Waals surface area contributed by atoms with Crippen molar-refractivity contribution in [1.29, 1.82) is 0 Å². The highest BCUT2D eigenvalue weighted by molar-refractivity contribution is 6.00. The first-order valence-corrected chi connectivity index (χ1v) is 8.98. The van der Waals surface area contributed by atoms with E-state index < -0.39 is 6.04 Å². The van der Waals surface area contributed by atoms with Gasteiger partial charge in [0.25, 0.3) is 0 Å². The third-order valence-electron chi connectivity index (χ3n) is 5.19. The number of rotatable bonds is 3. The van der Waals surface area contributed by atoms with Crippen LogP contribution in [0.5, 0.6) is 0 Å². The second kappa shape index (κ2) is 7.34. The van der Waals surface area contributed by atoms with Crippen molar-refractivity contribution in [2.24, 2.45) is 11.7 Å². The molecule has 1 aliphatic heterocycles. The number of nitrogens with two attached hydrogens (primary N) is 1. The van der Waals surface area contributed by atoms with E-state index in [1.165, 1.54) is 5.56 Å². The SMILES string of the molecule is Cc1ccc(N2CCCC(NC(=O)C3CCCC(N)C3)C2=O)cc1. The molecule has 0 spiro atoms. The summed E-state index contributed by atoms with van der Waals surface area (Å²) >= 11 is 0. The highest BCUT2D eigenvalue weighted by atomic mass is 16.2. The Morgan fingerprint density at radius 2 is 1.92 bits per heavy atom. The molecule has 0 aromatic heterocycles. The molecule has 24 heavy (non-hydrogen) atoms. The van der Waals surface area contributed by atoms with E-state index in [0.29, 0.717) is 13.0 Å². The van der Waals surface area contributed by atoms with Crippen LogP contribution in [0.4, 0.5) is 5.69 Å². The smallest absolute Gasteiger partial charge is 0.249 e. The first-order chi connectivity index (χ1) is 11.5.